The van der Waals surface area contributed by atoms with Crippen molar-refractivity contribution in [2.24, 2.45) is 0 Å². The Morgan fingerprint density at radius 1 is 1.61 bits per heavy atom. The Balaban J connectivity index is 2.35. The van der Waals surface area contributed by atoms with Gasteiger partial charge >= 0.3 is 0 Å². The fourth-order valence-corrected chi connectivity index (χ4v) is 1.67. The number of carbonyl (C=O) groups is 1. The van der Waals surface area contributed by atoms with Crippen molar-refractivity contribution in [3.05, 3.63) is 12.4 Å². The van der Waals surface area contributed by atoms with Gasteiger partial charge in [0, 0.05) is 18.8 Å². The molecule has 102 valence electrons. The topological polar surface area (TPSA) is 76.2 Å². The Morgan fingerprint density at radius 3 is 2.83 bits per heavy atom. The number of hydrogen-bond acceptors (Lipinski definition) is 4. The maximum atomic E-state index is 11.6. The summed E-state index contributed by atoms with van der Waals surface area (Å²) in [5, 5.41) is 7.00. The van der Waals surface area contributed by atoms with E-state index in [2.05, 4.69) is 15.3 Å². The highest BCUT2D eigenvalue weighted by atomic mass is 16.2. The number of nitrogens with zero attached hydrogens (tertiary/aromatic N) is 3. The maximum Gasteiger partial charge on any atom is 0.234 e. The summed E-state index contributed by atoms with van der Waals surface area (Å²) in [5.74, 6) is 0.0619. The fourth-order valence-electron chi connectivity index (χ4n) is 1.67. The van der Waals surface area contributed by atoms with Crippen molar-refractivity contribution in [2.75, 3.05) is 25.4 Å². The van der Waals surface area contributed by atoms with Crippen LogP contribution in [0.2, 0.25) is 0 Å². The van der Waals surface area contributed by atoms with Crippen molar-refractivity contribution in [1.29, 1.82) is 0 Å². The summed E-state index contributed by atoms with van der Waals surface area (Å²) >= 11 is 0. The molecule has 0 saturated carbocycles. The molecule has 0 aromatic carbocycles. The van der Waals surface area contributed by atoms with E-state index in [1.54, 1.807) is 17.1 Å². The van der Waals surface area contributed by atoms with E-state index < -0.39 is 0 Å². The zero-order chi connectivity index (χ0) is 13.5. The van der Waals surface area contributed by atoms with E-state index >= 15 is 0 Å². The molecule has 0 aliphatic heterocycles. The molecule has 0 aliphatic carbocycles. The Hall–Kier alpha value is -1.56. The first-order valence-electron chi connectivity index (χ1n) is 6.31. The molecule has 6 nitrogen and oxygen atoms in total. The molecule has 0 bridgehead atoms. The van der Waals surface area contributed by atoms with Crippen LogP contribution in [0.25, 0.3) is 0 Å². The van der Waals surface area contributed by atoms with Crippen molar-refractivity contribution in [3.8, 4) is 0 Å². The summed E-state index contributed by atoms with van der Waals surface area (Å²) in [5.41, 5.74) is 6.25. The lowest BCUT2D eigenvalue weighted by atomic mass is 10.3. The van der Waals surface area contributed by atoms with Crippen molar-refractivity contribution in [1.82, 2.24) is 20.0 Å². The number of rotatable bonds is 7. The van der Waals surface area contributed by atoms with Gasteiger partial charge in [-0.05, 0) is 20.4 Å². The Bertz CT molecular complexity index is 374. The predicted molar refractivity (Wildman–Crippen MR) is 72.0 cm³/mol. The van der Waals surface area contributed by atoms with E-state index in [1.165, 1.54) is 0 Å². The van der Waals surface area contributed by atoms with Crippen LogP contribution >= 0.6 is 0 Å². The third-order valence-electron chi connectivity index (χ3n) is 2.56. The van der Waals surface area contributed by atoms with Crippen LogP contribution in [0.3, 0.4) is 0 Å². The number of nitrogens with two attached hydrogens (primary N) is 1. The van der Waals surface area contributed by atoms with Gasteiger partial charge < -0.3 is 11.1 Å². The lowest BCUT2D eigenvalue weighted by Crippen LogP contribution is -2.41. The summed E-state index contributed by atoms with van der Waals surface area (Å²) < 4.78 is 1.79. The maximum absolute atomic E-state index is 11.6. The van der Waals surface area contributed by atoms with E-state index in [9.17, 15) is 4.79 Å². The first kappa shape index (κ1) is 14.5. The van der Waals surface area contributed by atoms with Crippen molar-refractivity contribution < 1.29 is 4.79 Å². The summed E-state index contributed by atoms with van der Waals surface area (Å²) in [6, 6.07) is 0.183. The number of anilines is 1. The van der Waals surface area contributed by atoms with Crippen LogP contribution in [0.15, 0.2) is 12.4 Å². The molecule has 1 amide bonds. The van der Waals surface area contributed by atoms with Crippen LogP contribution in [0.4, 0.5) is 5.69 Å². The van der Waals surface area contributed by atoms with E-state index in [1.807, 2.05) is 20.8 Å². The molecule has 0 saturated heterocycles. The van der Waals surface area contributed by atoms with Crippen LogP contribution in [-0.2, 0) is 11.3 Å². The van der Waals surface area contributed by atoms with Gasteiger partial charge in [0.05, 0.1) is 25.0 Å². The molecule has 0 atom stereocenters. The smallest absolute Gasteiger partial charge is 0.234 e. The molecule has 6 heteroatoms. The largest absolute Gasteiger partial charge is 0.396 e. The Kier molecular flexibility index (Phi) is 5.64. The van der Waals surface area contributed by atoms with Crippen molar-refractivity contribution in [2.45, 2.75) is 33.4 Å². The number of amides is 1. The number of carbonyl (C=O) groups excluding carboxylic acids is 1. The van der Waals surface area contributed by atoms with Gasteiger partial charge in [-0.2, -0.15) is 5.10 Å². The van der Waals surface area contributed by atoms with Gasteiger partial charge in [-0.1, -0.05) is 6.92 Å². The molecule has 1 rings (SSSR count). The van der Waals surface area contributed by atoms with E-state index in [0.29, 0.717) is 12.2 Å². The highest BCUT2D eigenvalue weighted by molar-refractivity contribution is 5.78. The molecule has 0 spiro atoms. The van der Waals surface area contributed by atoms with Gasteiger partial charge in [-0.25, -0.2) is 0 Å². The minimum Gasteiger partial charge on any atom is -0.396 e. The van der Waals surface area contributed by atoms with Gasteiger partial charge in [0.1, 0.15) is 0 Å². The van der Waals surface area contributed by atoms with Crippen molar-refractivity contribution >= 4 is 11.6 Å². The summed E-state index contributed by atoms with van der Waals surface area (Å²) in [6.45, 7) is 8.73. The third-order valence-corrected chi connectivity index (χ3v) is 2.56. The summed E-state index contributed by atoms with van der Waals surface area (Å²) in [7, 11) is 0. The average molecular weight is 253 g/mol. The molecule has 0 fully saturated rings. The fraction of sp³-hybridized carbons (Fsp3) is 0.667. The number of hydrogen-bond donors (Lipinski definition) is 2. The SMILES string of the molecule is CCN(CCn1cc(N)cn1)CC(=O)NC(C)C. The quantitative estimate of drug-likeness (QED) is 0.733. The molecule has 0 radical (unpaired) electrons. The minimum absolute atomic E-state index is 0.0619. The highest BCUT2D eigenvalue weighted by Gasteiger charge is 2.09. The molecule has 0 unspecified atom stereocenters. The van der Waals surface area contributed by atoms with Crippen LogP contribution in [-0.4, -0.2) is 46.3 Å². The third kappa shape index (κ3) is 5.18. The first-order valence-corrected chi connectivity index (χ1v) is 6.31. The lowest BCUT2D eigenvalue weighted by Gasteiger charge is -2.20. The second kappa shape index (κ2) is 7.00. The predicted octanol–water partition coefficient (Wildman–Crippen LogP) is 0.312. The van der Waals surface area contributed by atoms with Gasteiger partial charge in [0.2, 0.25) is 5.91 Å². The molecule has 18 heavy (non-hydrogen) atoms. The zero-order valence-electron chi connectivity index (χ0n) is 11.4. The first-order chi connectivity index (χ1) is 8.51. The van der Waals surface area contributed by atoms with E-state index in [-0.39, 0.29) is 11.9 Å². The van der Waals surface area contributed by atoms with Crippen LogP contribution in [0.5, 0.6) is 0 Å². The number of nitrogen functional groups attached to an aromatic ring is 1. The van der Waals surface area contributed by atoms with Gasteiger partial charge in [0.15, 0.2) is 0 Å². The molecule has 1 heterocycles. The molecule has 1 aromatic rings. The monoisotopic (exact) mass is 253 g/mol. The van der Waals surface area contributed by atoms with E-state index in [0.717, 1.165) is 19.6 Å². The van der Waals surface area contributed by atoms with Crippen LogP contribution < -0.4 is 11.1 Å². The number of nitrogens with one attached hydrogen (secondary N) is 1. The molecule has 0 aliphatic rings. The summed E-state index contributed by atoms with van der Waals surface area (Å²) in [4.78, 5) is 13.7. The number of likely N-dealkylation sites (N-methyl/N-ethyl adjacent to an activating group) is 1. The second-order valence-electron chi connectivity index (χ2n) is 4.63. The minimum atomic E-state index is 0.0619. The lowest BCUT2D eigenvalue weighted by molar-refractivity contribution is -0.122. The van der Waals surface area contributed by atoms with Crippen molar-refractivity contribution in [3.63, 3.8) is 0 Å². The normalized spacial score (nSPS) is 11.2. The molecule has 1 aromatic heterocycles. The highest BCUT2D eigenvalue weighted by Crippen LogP contribution is 1.98. The summed E-state index contributed by atoms with van der Waals surface area (Å²) in [6.07, 6.45) is 3.42. The Labute approximate surface area is 108 Å². The van der Waals surface area contributed by atoms with Gasteiger partial charge in [0.25, 0.3) is 0 Å². The molecular formula is C12H23N5O. The Morgan fingerprint density at radius 2 is 2.33 bits per heavy atom. The zero-order valence-corrected chi connectivity index (χ0v) is 11.4. The van der Waals surface area contributed by atoms with E-state index in [4.69, 9.17) is 5.73 Å². The standard InChI is InChI=1S/C12H23N5O/c1-4-16(9-12(18)15-10(2)3)5-6-17-8-11(13)7-14-17/h7-8,10H,4-6,9,13H2,1-3H3,(H,15,18). The van der Waals surface area contributed by atoms with Crippen LogP contribution in [0, 0.1) is 0 Å². The number of aromatic nitrogens is 2. The molecular weight excluding hydrogens is 230 g/mol. The molecule has 3 N–H and O–H groups in total. The average Bonchev–Trinajstić information content (AvgIpc) is 2.69. The van der Waals surface area contributed by atoms with Gasteiger partial charge in [-0.15, -0.1) is 0 Å². The second-order valence-corrected chi connectivity index (χ2v) is 4.63. The van der Waals surface area contributed by atoms with Gasteiger partial charge in [-0.3, -0.25) is 14.4 Å². The van der Waals surface area contributed by atoms with Crippen LogP contribution in [0.1, 0.15) is 20.8 Å².